The molecule has 1 aromatic heterocycles. The number of nitrogens with two attached hydrogens (primary N) is 1. The zero-order valence-corrected chi connectivity index (χ0v) is 9.06. The molecule has 0 aliphatic heterocycles. The fraction of sp³-hybridized carbons (Fsp3) is 0.800. The smallest absolute Gasteiger partial charge is 0.0834 e. The first-order chi connectivity index (χ1) is 7.16. The molecular weight excluding hydrogens is 192 g/mol. The molecule has 0 saturated heterocycles. The van der Waals surface area contributed by atoms with Crippen LogP contribution in [0.15, 0.2) is 6.20 Å². The minimum atomic E-state index is -0.287. The predicted molar refractivity (Wildman–Crippen MR) is 56.1 cm³/mol. The minimum Gasteiger partial charge on any atom is -0.392 e. The first-order valence-electron chi connectivity index (χ1n) is 5.40. The number of hydrogen-bond donors (Lipinski definition) is 2. The summed E-state index contributed by atoms with van der Waals surface area (Å²) in [6.45, 7) is 0.519. The SMILES string of the molecule is Cn1cc(CC2(CN)CCCC2O)nn1. The molecule has 5 nitrogen and oxygen atoms in total. The van der Waals surface area contributed by atoms with Crippen molar-refractivity contribution >= 4 is 0 Å². The maximum Gasteiger partial charge on any atom is 0.0834 e. The summed E-state index contributed by atoms with van der Waals surface area (Å²) in [4.78, 5) is 0. The van der Waals surface area contributed by atoms with Gasteiger partial charge in [-0.05, 0) is 12.8 Å². The first-order valence-corrected chi connectivity index (χ1v) is 5.40. The lowest BCUT2D eigenvalue weighted by Gasteiger charge is -2.30. The van der Waals surface area contributed by atoms with Gasteiger partial charge >= 0.3 is 0 Å². The molecule has 5 heteroatoms. The molecule has 0 aromatic carbocycles. The summed E-state index contributed by atoms with van der Waals surface area (Å²) in [5.41, 5.74) is 6.55. The van der Waals surface area contributed by atoms with Crippen molar-refractivity contribution in [3.63, 3.8) is 0 Å². The van der Waals surface area contributed by atoms with Crippen LogP contribution in [-0.4, -0.2) is 32.7 Å². The van der Waals surface area contributed by atoms with Gasteiger partial charge in [0.05, 0.1) is 11.8 Å². The number of nitrogens with zero attached hydrogens (tertiary/aromatic N) is 3. The Balaban J connectivity index is 2.14. The molecule has 1 fully saturated rings. The lowest BCUT2D eigenvalue weighted by atomic mass is 9.80. The van der Waals surface area contributed by atoms with Crippen molar-refractivity contribution in [1.82, 2.24) is 15.0 Å². The van der Waals surface area contributed by atoms with Crippen LogP contribution in [0.4, 0.5) is 0 Å². The molecule has 15 heavy (non-hydrogen) atoms. The number of aryl methyl sites for hydroxylation is 1. The van der Waals surface area contributed by atoms with Gasteiger partial charge in [0.1, 0.15) is 0 Å². The Bertz CT molecular complexity index is 338. The highest BCUT2D eigenvalue weighted by Gasteiger charge is 2.41. The molecule has 0 amide bonds. The Morgan fingerprint density at radius 3 is 3.00 bits per heavy atom. The summed E-state index contributed by atoms with van der Waals surface area (Å²) in [5, 5.41) is 17.9. The van der Waals surface area contributed by atoms with Crippen LogP contribution in [0, 0.1) is 5.41 Å². The zero-order valence-electron chi connectivity index (χ0n) is 9.06. The minimum absolute atomic E-state index is 0.171. The highest BCUT2D eigenvalue weighted by atomic mass is 16.3. The topological polar surface area (TPSA) is 77.0 Å². The number of aliphatic hydroxyl groups excluding tert-OH is 1. The molecule has 1 aliphatic carbocycles. The Hall–Kier alpha value is -0.940. The van der Waals surface area contributed by atoms with Crippen LogP contribution in [0.1, 0.15) is 25.0 Å². The van der Waals surface area contributed by atoms with Crippen molar-refractivity contribution in [1.29, 1.82) is 0 Å². The highest BCUT2D eigenvalue weighted by molar-refractivity contribution is 5.04. The van der Waals surface area contributed by atoms with E-state index in [0.29, 0.717) is 6.54 Å². The Kier molecular flexibility index (Phi) is 2.75. The summed E-state index contributed by atoms with van der Waals surface area (Å²) < 4.78 is 1.68. The van der Waals surface area contributed by atoms with Crippen molar-refractivity contribution in [3.8, 4) is 0 Å². The van der Waals surface area contributed by atoms with Gasteiger partial charge in [-0.2, -0.15) is 0 Å². The fourth-order valence-electron chi connectivity index (χ4n) is 2.47. The molecular formula is C10H18N4O. The second-order valence-corrected chi connectivity index (χ2v) is 4.53. The predicted octanol–water partition coefficient (Wildman–Crippen LogP) is -0.153. The van der Waals surface area contributed by atoms with E-state index in [0.717, 1.165) is 31.4 Å². The molecule has 1 heterocycles. The van der Waals surface area contributed by atoms with Gasteiger partial charge in [-0.3, -0.25) is 4.68 Å². The Morgan fingerprint density at radius 2 is 2.53 bits per heavy atom. The largest absolute Gasteiger partial charge is 0.392 e. The van der Waals surface area contributed by atoms with Gasteiger partial charge in [0.2, 0.25) is 0 Å². The number of hydrogen-bond acceptors (Lipinski definition) is 4. The van der Waals surface area contributed by atoms with Gasteiger partial charge < -0.3 is 10.8 Å². The molecule has 0 radical (unpaired) electrons. The average molecular weight is 210 g/mol. The summed E-state index contributed by atoms with van der Waals surface area (Å²) in [7, 11) is 1.84. The van der Waals surface area contributed by atoms with Crippen molar-refractivity contribution < 1.29 is 5.11 Å². The second kappa shape index (κ2) is 3.90. The van der Waals surface area contributed by atoms with E-state index in [2.05, 4.69) is 10.3 Å². The van der Waals surface area contributed by atoms with Crippen LogP contribution < -0.4 is 5.73 Å². The number of rotatable bonds is 3. The fourth-order valence-corrected chi connectivity index (χ4v) is 2.47. The molecule has 84 valence electrons. The lowest BCUT2D eigenvalue weighted by molar-refractivity contribution is 0.0581. The van der Waals surface area contributed by atoms with Gasteiger partial charge in [-0.25, -0.2) is 0 Å². The number of aromatic nitrogens is 3. The van der Waals surface area contributed by atoms with Gasteiger partial charge in [-0.15, -0.1) is 5.10 Å². The van der Waals surface area contributed by atoms with E-state index in [1.54, 1.807) is 4.68 Å². The standard InChI is InChI=1S/C10H18N4O/c1-14-6-8(12-13-14)5-10(7-11)4-2-3-9(10)15/h6,9,15H,2-5,7,11H2,1H3. The van der Waals surface area contributed by atoms with Crippen molar-refractivity contribution in [2.24, 2.45) is 18.2 Å². The van der Waals surface area contributed by atoms with Crippen LogP contribution >= 0.6 is 0 Å². The molecule has 3 N–H and O–H groups in total. The van der Waals surface area contributed by atoms with Crippen LogP contribution in [0.25, 0.3) is 0 Å². The first kappa shape index (κ1) is 10.6. The van der Waals surface area contributed by atoms with Crippen molar-refractivity contribution in [2.45, 2.75) is 31.8 Å². The molecule has 1 aromatic rings. The van der Waals surface area contributed by atoms with E-state index in [9.17, 15) is 5.11 Å². The van der Waals surface area contributed by atoms with E-state index in [1.165, 1.54) is 0 Å². The van der Waals surface area contributed by atoms with Crippen LogP contribution in [0.2, 0.25) is 0 Å². The maximum absolute atomic E-state index is 9.97. The number of aliphatic hydroxyl groups is 1. The Labute approximate surface area is 89.3 Å². The molecule has 0 bridgehead atoms. The molecule has 2 unspecified atom stereocenters. The third-order valence-corrected chi connectivity index (χ3v) is 3.45. The van der Waals surface area contributed by atoms with E-state index in [-0.39, 0.29) is 11.5 Å². The third-order valence-electron chi connectivity index (χ3n) is 3.45. The lowest BCUT2D eigenvalue weighted by Crippen LogP contribution is -2.39. The summed E-state index contributed by atoms with van der Waals surface area (Å²) >= 11 is 0. The molecule has 1 aliphatic rings. The maximum atomic E-state index is 9.97. The molecule has 0 spiro atoms. The molecule has 2 rings (SSSR count). The molecule has 2 atom stereocenters. The van der Waals surface area contributed by atoms with E-state index in [4.69, 9.17) is 5.73 Å². The molecule has 1 saturated carbocycles. The van der Waals surface area contributed by atoms with E-state index in [1.807, 2.05) is 13.2 Å². The van der Waals surface area contributed by atoms with Crippen molar-refractivity contribution in [3.05, 3.63) is 11.9 Å². The quantitative estimate of drug-likeness (QED) is 0.727. The average Bonchev–Trinajstić information content (AvgIpc) is 2.76. The van der Waals surface area contributed by atoms with Gasteiger partial charge in [0, 0.05) is 31.6 Å². The highest BCUT2D eigenvalue weighted by Crippen LogP contribution is 2.39. The normalized spacial score (nSPS) is 31.0. The Morgan fingerprint density at radius 1 is 1.73 bits per heavy atom. The van der Waals surface area contributed by atoms with Crippen LogP contribution in [0.3, 0.4) is 0 Å². The summed E-state index contributed by atoms with van der Waals surface area (Å²) in [6, 6.07) is 0. The van der Waals surface area contributed by atoms with Gasteiger partial charge in [-0.1, -0.05) is 11.6 Å². The third kappa shape index (κ3) is 1.89. The van der Waals surface area contributed by atoms with Gasteiger partial charge in [0.15, 0.2) is 0 Å². The second-order valence-electron chi connectivity index (χ2n) is 4.53. The monoisotopic (exact) mass is 210 g/mol. The van der Waals surface area contributed by atoms with E-state index >= 15 is 0 Å². The van der Waals surface area contributed by atoms with Gasteiger partial charge in [0.25, 0.3) is 0 Å². The zero-order chi connectivity index (χ0) is 10.9. The summed E-state index contributed by atoms with van der Waals surface area (Å²) in [6.07, 6.45) is 5.24. The van der Waals surface area contributed by atoms with Crippen molar-refractivity contribution in [2.75, 3.05) is 6.54 Å². The summed E-state index contributed by atoms with van der Waals surface area (Å²) in [5.74, 6) is 0. The van der Waals surface area contributed by atoms with E-state index < -0.39 is 0 Å². The van der Waals surface area contributed by atoms with Crippen LogP contribution in [0.5, 0.6) is 0 Å². The van der Waals surface area contributed by atoms with Crippen LogP contribution in [-0.2, 0) is 13.5 Å².